The summed E-state index contributed by atoms with van der Waals surface area (Å²) in [4.78, 5) is 27.6. The third kappa shape index (κ3) is 3.81. The summed E-state index contributed by atoms with van der Waals surface area (Å²) in [6.07, 6.45) is -3.88. The third-order valence-electron chi connectivity index (χ3n) is 4.67. The molecule has 1 aliphatic heterocycles. The summed E-state index contributed by atoms with van der Waals surface area (Å²) in [7, 11) is 3.37. The van der Waals surface area contributed by atoms with Crippen LogP contribution in [0.1, 0.15) is 28.4 Å². The maximum Gasteiger partial charge on any atom is 0.416 e. The molecular weight excluding hydrogens is 371 g/mol. The van der Waals surface area contributed by atoms with Gasteiger partial charge in [0.05, 0.1) is 16.9 Å². The summed E-state index contributed by atoms with van der Waals surface area (Å²) in [6, 6.07) is 8.17. The Morgan fingerprint density at radius 2 is 1.82 bits per heavy atom. The predicted octanol–water partition coefficient (Wildman–Crippen LogP) is 3.93. The van der Waals surface area contributed by atoms with Crippen LogP contribution in [-0.2, 0) is 17.4 Å². The molecule has 148 valence electrons. The molecule has 28 heavy (non-hydrogen) atoms. The molecule has 0 atom stereocenters. The Labute approximate surface area is 160 Å². The number of hydrogen-bond acceptors (Lipinski definition) is 3. The number of hydrogen-bond donors (Lipinski definition) is 1. The first-order chi connectivity index (χ1) is 13.1. The first-order valence-corrected chi connectivity index (χ1v) is 8.69. The van der Waals surface area contributed by atoms with Crippen molar-refractivity contribution in [3.63, 3.8) is 0 Å². The molecule has 8 heteroatoms. The average molecular weight is 391 g/mol. The molecule has 0 spiro atoms. The van der Waals surface area contributed by atoms with E-state index in [2.05, 4.69) is 5.32 Å². The minimum Gasteiger partial charge on any atom is -0.376 e. The van der Waals surface area contributed by atoms with Crippen molar-refractivity contribution in [3.8, 4) is 0 Å². The number of benzene rings is 2. The second kappa shape index (κ2) is 7.18. The largest absolute Gasteiger partial charge is 0.416 e. The molecule has 0 radical (unpaired) electrons. The number of nitrogens with zero attached hydrogens (tertiary/aromatic N) is 2. The number of nitrogens with one attached hydrogen (secondary N) is 1. The summed E-state index contributed by atoms with van der Waals surface area (Å²) >= 11 is 0. The van der Waals surface area contributed by atoms with Crippen LogP contribution in [0.15, 0.2) is 36.4 Å². The van der Waals surface area contributed by atoms with Gasteiger partial charge in [-0.05, 0) is 48.4 Å². The zero-order valence-electron chi connectivity index (χ0n) is 15.7. The number of alkyl halides is 3. The molecule has 0 unspecified atom stereocenters. The highest BCUT2D eigenvalue weighted by Gasteiger charge is 2.31. The summed E-state index contributed by atoms with van der Waals surface area (Å²) in [6.45, 7) is 2.03. The fourth-order valence-electron chi connectivity index (χ4n) is 3.27. The van der Waals surface area contributed by atoms with Crippen LogP contribution < -0.4 is 15.1 Å². The van der Waals surface area contributed by atoms with E-state index in [0.717, 1.165) is 23.4 Å². The second-order valence-corrected chi connectivity index (χ2v) is 6.84. The molecule has 0 saturated carbocycles. The van der Waals surface area contributed by atoms with Crippen molar-refractivity contribution in [2.24, 2.45) is 0 Å². The highest BCUT2D eigenvalue weighted by Crippen LogP contribution is 2.35. The molecule has 2 aromatic carbocycles. The molecule has 3 rings (SSSR count). The van der Waals surface area contributed by atoms with Crippen LogP contribution in [0.5, 0.6) is 0 Å². The monoisotopic (exact) mass is 391 g/mol. The first-order valence-electron chi connectivity index (χ1n) is 8.69. The number of amides is 2. The van der Waals surface area contributed by atoms with E-state index in [-0.39, 0.29) is 11.6 Å². The van der Waals surface area contributed by atoms with Crippen LogP contribution in [0.25, 0.3) is 0 Å². The molecule has 0 aliphatic carbocycles. The van der Waals surface area contributed by atoms with E-state index in [1.807, 2.05) is 0 Å². The van der Waals surface area contributed by atoms with Gasteiger partial charge in [0.15, 0.2) is 0 Å². The molecule has 0 bridgehead atoms. The van der Waals surface area contributed by atoms with Gasteiger partial charge in [-0.2, -0.15) is 13.2 Å². The predicted molar refractivity (Wildman–Crippen MR) is 102 cm³/mol. The quantitative estimate of drug-likeness (QED) is 0.863. The van der Waals surface area contributed by atoms with Gasteiger partial charge >= 0.3 is 6.18 Å². The van der Waals surface area contributed by atoms with Crippen LogP contribution in [0, 0.1) is 0 Å². The van der Waals surface area contributed by atoms with Gasteiger partial charge in [0, 0.05) is 38.8 Å². The smallest absolute Gasteiger partial charge is 0.376 e. The van der Waals surface area contributed by atoms with Gasteiger partial charge in [-0.3, -0.25) is 9.59 Å². The standard InChI is InChI=1S/C20H20F3N3O2/c1-12(27)26-9-8-13-10-14(4-6-17(13)26)19(28)24-16-11-15(20(21,22)23)5-7-18(16)25(2)3/h4-7,10-11H,8-9H2,1-3H3,(H,24,28). The molecular formula is C20H20F3N3O2. The lowest BCUT2D eigenvalue weighted by molar-refractivity contribution is -0.137. The maximum absolute atomic E-state index is 13.1. The normalized spacial score (nSPS) is 13.3. The van der Waals surface area contributed by atoms with Gasteiger partial charge in [-0.25, -0.2) is 0 Å². The van der Waals surface area contributed by atoms with Crippen LogP contribution in [-0.4, -0.2) is 32.5 Å². The molecule has 0 saturated heterocycles. The van der Waals surface area contributed by atoms with Crippen LogP contribution in [0.4, 0.5) is 30.2 Å². The SMILES string of the molecule is CC(=O)N1CCc2cc(C(=O)Nc3cc(C(F)(F)F)ccc3N(C)C)ccc21. The van der Waals surface area contributed by atoms with Crippen molar-refractivity contribution in [2.45, 2.75) is 19.5 Å². The van der Waals surface area contributed by atoms with Gasteiger partial charge in [0.1, 0.15) is 0 Å². The third-order valence-corrected chi connectivity index (χ3v) is 4.67. The fraction of sp³-hybridized carbons (Fsp3) is 0.300. The Morgan fingerprint density at radius 3 is 2.43 bits per heavy atom. The topological polar surface area (TPSA) is 52.7 Å². The molecule has 0 aromatic heterocycles. The molecule has 0 fully saturated rings. The first kappa shape index (κ1) is 19.7. The Morgan fingerprint density at radius 1 is 1.11 bits per heavy atom. The minimum atomic E-state index is -4.51. The van der Waals surface area contributed by atoms with Crippen LogP contribution >= 0.6 is 0 Å². The van der Waals surface area contributed by atoms with Crippen molar-refractivity contribution in [1.29, 1.82) is 0 Å². The molecule has 2 aromatic rings. The van der Waals surface area contributed by atoms with Gasteiger partial charge in [0.2, 0.25) is 5.91 Å². The van der Waals surface area contributed by atoms with E-state index in [4.69, 9.17) is 0 Å². The van der Waals surface area contributed by atoms with Gasteiger partial charge in [0.25, 0.3) is 5.91 Å². The number of fused-ring (bicyclic) bond motifs is 1. The molecule has 1 N–H and O–H groups in total. The Balaban J connectivity index is 1.90. The minimum absolute atomic E-state index is 0.0736. The van der Waals surface area contributed by atoms with Crippen molar-refractivity contribution in [2.75, 3.05) is 35.8 Å². The van der Waals surface area contributed by atoms with Crippen molar-refractivity contribution < 1.29 is 22.8 Å². The van der Waals surface area contributed by atoms with Gasteiger partial charge < -0.3 is 15.1 Å². The zero-order valence-corrected chi connectivity index (χ0v) is 15.7. The Bertz CT molecular complexity index is 939. The Kier molecular flexibility index (Phi) is 5.06. The second-order valence-electron chi connectivity index (χ2n) is 6.84. The summed E-state index contributed by atoms with van der Waals surface area (Å²) in [5.41, 5.74) is 1.66. The molecule has 2 amide bonds. The number of halogens is 3. The van der Waals surface area contributed by atoms with Crippen molar-refractivity contribution >= 4 is 28.9 Å². The highest BCUT2D eigenvalue weighted by molar-refractivity contribution is 6.07. The summed E-state index contributed by atoms with van der Waals surface area (Å²) in [5.74, 6) is -0.581. The maximum atomic E-state index is 13.1. The van der Waals surface area contributed by atoms with Gasteiger partial charge in [-0.15, -0.1) is 0 Å². The summed E-state index contributed by atoms with van der Waals surface area (Å²) in [5, 5.41) is 2.58. The molecule has 5 nitrogen and oxygen atoms in total. The molecule has 1 aliphatic rings. The van der Waals surface area contributed by atoms with E-state index in [1.54, 1.807) is 42.1 Å². The lowest BCUT2D eigenvalue weighted by Crippen LogP contribution is -2.25. The zero-order chi connectivity index (χ0) is 20.6. The van der Waals surface area contributed by atoms with Crippen molar-refractivity contribution in [3.05, 3.63) is 53.1 Å². The highest BCUT2D eigenvalue weighted by atomic mass is 19.4. The number of carbonyl (C=O) groups excluding carboxylic acids is 2. The van der Waals surface area contributed by atoms with E-state index in [9.17, 15) is 22.8 Å². The summed E-state index contributed by atoms with van der Waals surface area (Å²) < 4.78 is 39.2. The molecule has 1 heterocycles. The number of rotatable bonds is 3. The lowest BCUT2D eigenvalue weighted by Gasteiger charge is -2.20. The lowest BCUT2D eigenvalue weighted by atomic mass is 10.1. The van der Waals surface area contributed by atoms with E-state index in [0.29, 0.717) is 24.2 Å². The van der Waals surface area contributed by atoms with Crippen molar-refractivity contribution in [1.82, 2.24) is 0 Å². The fourth-order valence-corrected chi connectivity index (χ4v) is 3.27. The van der Waals surface area contributed by atoms with E-state index in [1.165, 1.54) is 13.0 Å². The number of anilines is 3. The number of carbonyl (C=O) groups is 2. The van der Waals surface area contributed by atoms with Crippen LogP contribution in [0.3, 0.4) is 0 Å². The van der Waals surface area contributed by atoms with Gasteiger partial charge in [-0.1, -0.05) is 0 Å². The van der Waals surface area contributed by atoms with E-state index < -0.39 is 17.6 Å². The van der Waals surface area contributed by atoms with E-state index >= 15 is 0 Å². The average Bonchev–Trinajstić information content (AvgIpc) is 3.04. The Hall–Kier alpha value is -3.03. The van der Waals surface area contributed by atoms with Crippen LogP contribution in [0.2, 0.25) is 0 Å².